The van der Waals surface area contributed by atoms with Crippen LogP contribution in [-0.4, -0.2) is 34.5 Å². The number of hydrogen-bond acceptors (Lipinski definition) is 5. The number of hydrogen-bond donors (Lipinski definition) is 2. The zero-order chi connectivity index (χ0) is 24.5. The van der Waals surface area contributed by atoms with Crippen molar-refractivity contribution in [1.29, 1.82) is 0 Å². The SMILES string of the molecule is CC(C)NS(=O)(=O)c1ccc(F)c(C(=O)Nc2cccc(Cn3nc4ccccn4c3=O)c2)c1. The molecule has 176 valence electrons. The van der Waals surface area contributed by atoms with Crippen LogP contribution in [0, 0.1) is 5.82 Å². The van der Waals surface area contributed by atoms with Crippen molar-refractivity contribution in [3.8, 4) is 0 Å². The number of aromatic nitrogens is 3. The molecule has 0 saturated carbocycles. The van der Waals surface area contributed by atoms with Crippen molar-refractivity contribution >= 4 is 27.3 Å². The number of anilines is 1. The number of rotatable bonds is 7. The first kappa shape index (κ1) is 23.3. The number of fused-ring (bicyclic) bond motifs is 1. The van der Waals surface area contributed by atoms with Crippen LogP contribution in [0.4, 0.5) is 10.1 Å². The van der Waals surface area contributed by atoms with Crippen LogP contribution in [-0.2, 0) is 16.6 Å². The summed E-state index contributed by atoms with van der Waals surface area (Å²) >= 11 is 0. The minimum Gasteiger partial charge on any atom is -0.322 e. The summed E-state index contributed by atoms with van der Waals surface area (Å²) in [5.74, 6) is -1.66. The molecule has 0 radical (unpaired) electrons. The molecule has 2 aromatic carbocycles. The van der Waals surface area contributed by atoms with Gasteiger partial charge in [-0.25, -0.2) is 27.0 Å². The van der Waals surface area contributed by atoms with Gasteiger partial charge in [-0.2, -0.15) is 0 Å². The van der Waals surface area contributed by atoms with Gasteiger partial charge in [0.25, 0.3) is 5.91 Å². The maximum atomic E-state index is 14.4. The van der Waals surface area contributed by atoms with E-state index in [-0.39, 0.29) is 23.2 Å². The lowest BCUT2D eigenvalue weighted by molar-refractivity contribution is 0.102. The van der Waals surface area contributed by atoms with Crippen molar-refractivity contribution in [1.82, 2.24) is 18.9 Å². The molecule has 34 heavy (non-hydrogen) atoms. The first-order valence-electron chi connectivity index (χ1n) is 10.4. The monoisotopic (exact) mass is 483 g/mol. The molecule has 2 N–H and O–H groups in total. The van der Waals surface area contributed by atoms with E-state index in [4.69, 9.17) is 0 Å². The number of pyridine rings is 1. The summed E-state index contributed by atoms with van der Waals surface area (Å²) in [6.07, 6.45) is 1.62. The Bertz CT molecular complexity index is 1540. The van der Waals surface area contributed by atoms with Crippen LogP contribution in [0.1, 0.15) is 29.8 Å². The third kappa shape index (κ3) is 4.90. The molecule has 0 bridgehead atoms. The molecule has 9 nitrogen and oxygen atoms in total. The molecule has 0 saturated heterocycles. The van der Waals surface area contributed by atoms with Crippen LogP contribution in [0.15, 0.2) is 76.6 Å². The van der Waals surface area contributed by atoms with Gasteiger partial charge in [0, 0.05) is 17.9 Å². The topological polar surface area (TPSA) is 115 Å². The normalized spacial score (nSPS) is 11.8. The molecule has 0 fully saturated rings. The summed E-state index contributed by atoms with van der Waals surface area (Å²) in [6, 6.07) is 14.6. The molecule has 4 aromatic rings. The molecule has 0 atom stereocenters. The largest absolute Gasteiger partial charge is 0.350 e. The second-order valence-corrected chi connectivity index (χ2v) is 9.66. The van der Waals surface area contributed by atoms with E-state index in [2.05, 4.69) is 15.1 Å². The smallest absolute Gasteiger partial charge is 0.322 e. The van der Waals surface area contributed by atoms with Gasteiger partial charge < -0.3 is 5.32 Å². The van der Waals surface area contributed by atoms with Crippen LogP contribution in [0.5, 0.6) is 0 Å². The van der Waals surface area contributed by atoms with Gasteiger partial charge in [0.1, 0.15) is 5.82 Å². The first-order chi connectivity index (χ1) is 16.1. The van der Waals surface area contributed by atoms with Crippen molar-refractivity contribution in [3.63, 3.8) is 0 Å². The highest BCUT2D eigenvalue weighted by atomic mass is 32.2. The fraction of sp³-hybridized carbons (Fsp3) is 0.174. The van der Waals surface area contributed by atoms with E-state index < -0.39 is 27.3 Å². The van der Waals surface area contributed by atoms with Crippen molar-refractivity contribution in [3.05, 3.63) is 94.3 Å². The summed E-state index contributed by atoms with van der Waals surface area (Å²) in [7, 11) is -3.90. The van der Waals surface area contributed by atoms with Gasteiger partial charge in [0.2, 0.25) is 10.0 Å². The Labute approximate surface area is 194 Å². The van der Waals surface area contributed by atoms with E-state index in [1.54, 1.807) is 62.5 Å². The van der Waals surface area contributed by atoms with E-state index in [9.17, 15) is 22.4 Å². The summed E-state index contributed by atoms with van der Waals surface area (Å²) in [5.41, 5.74) is 0.830. The molecule has 0 spiro atoms. The summed E-state index contributed by atoms with van der Waals surface area (Å²) < 4.78 is 44.3. The highest BCUT2D eigenvalue weighted by molar-refractivity contribution is 7.89. The number of carbonyl (C=O) groups excluding carboxylic acids is 1. The molecular formula is C23H22FN5O4S. The van der Waals surface area contributed by atoms with Crippen molar-refractivity contribution in [2.24, 2.45) is 0 Å². The number of nitrogens with zero attached hydrogens (tertiary/aromatic N) is 3. The summed E-state index contributed by atoms with van der Waals surface area (Å²) in [5, 5.41) is 6.86. The number of benzene rings is 2. The van der Waals surface area contributed by atoms with E-state index >= 15 is 0 Å². The highest BCUT2D eigenvalue weighted by Crippen LogP contribution is 2.18. The lowest BCUT2D eigenvalue weighted by Gasteiger charge is -2.12. The molecule has 4 rings (SSSR count). The fourth-order valence-corrected chi connectivity index (χ4v) is 4.69. The van der Waals surface area contributed by atoms with Crippen molar-refractivity contribution < 1.29 is 17.6 Å². The molecule has 2 heterocycles. The predicted molar refractivity (Wildman–Crippen MR) is 125 cm³/mol. The fourth-order valence-electron chi connectivity index (χ4n) is 3.41. The van der Waals surface area contributed by atoms with Gasteiger partial charge in [-0.05, 0) is 61.9 Å². The van der Waals surface area contributed by atoms with Gasteiger partial charge in [-0.1, -0.05) is 18.2 Å². The standard InChI is InChI=1S/C23H22FN5O4S/c1-15(2)27-34(32,33)18-9-10-20(24)19(13-18)22(30)25-17-7-5-6-16(12-17)14-29-23(31)28-11-4-3-8-21(28)26-29/h3-13,15,27H,14H2,1-2H3,(H,25,30). The van der Waals surface area contributed by atoms with Crippen LogP contribution < -0.4 is 15.7 Å². The Morgan fingerprint density at radius 2 is 1.88 bits per heavy atom. The first-order valence-corrected chi connectivity index (χ1v) is 11.9. The van der Waals surface area contributed by atoms with Gasteiger partial charge in [-0.15, -0.1) is 5.10 Å². The minimum absolute atomic E-state index is 0.160. The van der Waals surface area contributed by atoms with Crippen LogP contribution in [0.3, 0.4) is 0 Å². The van der Waals surface area contributed by atoms with Crippen LogP contribution in [0.25, 0.3) is 5.65 Å². The minimum atomic E-state index is -3.90. The number of nitrogens with one attached hydrogen (secondary N) is 2. The maximum absolute atomic E-state index is 14.4. The Morgan fingerprint density at radius 3 is 2.62 bits per heavy atom. The average molecular weight is 484 g/mol. The lowest BCUT2D eigenvalue weighted by atomic mass is 10.1. The molecule has 0 aliphatic rings. The van der Waals surface area contributed by atoms with Crippen LogP contribution >= 0.6 is 0 Å². The van der Waals surface area contributed by atoms with Crippen LogP contribution in [0.2, 0.25) is 0 Å². The summed E-state index contributed by atoms with van der Waals surface area (Å²) in [4.78, 5) is 25.0. The van der Waals surface area contributed by atoms with E-state index in [0.29, 0.717) is 16.9 Å². The maximum Gasteiger partial charge on any atom is 0.350 e. The number of sulfonamides is 1. The molecule has 0 aliphatic carbocycles. The molecule has 11 heteroatoms. The number of carbonyl (C=O) groups is 1. The van der Waals surface area contributed by atoms with Gasteiger partial charge in [0.05, 0.1) is 17.0 Å². The third-order valence-electron chi connectivity index (χ3n) is 4.89. The van der Waals surface area contributed by atoms with Gasteiger partial charge in [-0.3, -0.25) is 9.20 Å². The third-order valence-corrected chi connectivity index (χ3v) is 6.55. The molecule has 2 aromatic heterocycles. The molecule has 0 aliphatic heterocycles. The molecule has 1 amide bonds. The zero-order valence-electron chi connectivity index (χ0n) is 18.4. The second kappa shape index (κ2) is 9.20. The predicted octanol–water partition coefficient (Wildman–Crippen LogP) is 2.62. The Balaban J connectivity index is 1.56. The Kier molecular flexibility index (Phi) is 6.31. The number of halogens is 1. The lowest BCUT2D eigenvalue weighted by Crippen LogP contribution is -2.30. The molecular weight excluding hydrogens is 461 g/mol. The number of amides is 1. The van der Waals surface area contributed by atoms with E-state index in [1.807, 2.05) is 0 Å². The van der Waals surface area contributed by atoms with E-state index in [1.165, 1.54) is 9.08 Å². The van der Waals surface area contributed by atoms with Gasteiger partial charge in [0.15, 0.2) is 5.65 Å². The Hall–Kier alpha value is -3.83. The Morgan fingerprint density at radius 1 is 1.09 bits per heavy atom. The highest BCUT2D eigenvalue weighted by Gasteiger charge is 2.20. The van der Waals surface area contributed by atoms with Gasteiger partial charge >= 0.3 is 5.69 Å². The summed E-state index contributed by atoms with van der Waals surface area (Å²) in [6.45, 7) is 3.47. The average Bonchev–Trinajstić information content (AvgIpc) is 3.08. The second-order valence-electron chi connectivity index (χ2n) is 7.94. The van der Waals surface area contributed by atoms with Crippen molar-refractivity contribution in [2.45, 2.75) is 31.3 Å². The van der Waals surface area contributed by atoms with Crippen molar-refractivity contribution in [2.75, 3.05) is 5.32 Å². The van der Waals surface area contributed by atoms with E-state index in [0.717, 1.165) is 18.2 Å². The molecule has 0 unspecified atom stereocenters. The quantitative estimate of drug-likeness (QED) is 0.419. The zero-order valence-corrected chi connectivity index (χ0v) is 19.2.